The van der Waals surface area contributed by atoms with Gasteiger partial charge in [0.1, 0.15) is 5.75 Å². The van der Waals surface area contributed by atoms with Crippen LogP contribution in [0.5, 0.6) is 5.75 Å². The summed E-state index contributed by atoms with van der Waals surface area (Å²) in [6.45, 7) is 8.02. The second-order valence-corrected chi connectivity index (χ2v) is 5.49. The second kappa shape index (κ2) is 8.98. The fourth-order valence-electron chi connectivity index (χ4n) is 2.29. The van der Waals surface area contributed by atoms with Crippen LogP contribution in [0.3, 0.4) is 0 Å². The van der Waals surface area contributed by atoms with Crippen LogP contribution < -0.4 is 10.1 Å². The number of rotatable bonds is 9. The Hall–Kier alpha value is -1.06. The smallest absolute Gasteiger partial charge is 0.124 e. The van der Waals surface area contributed by atoms with E-state index in [4.69, 9.17) is 9.47 Å². The molecule has 0 saturated carbocycles. The summed E-state index contributed by atoms with van der Waals surface area (Å²) < 4.78 is 11.3. The summed E-state index contributed by atoms with van der Waals surface area (Å²) in [5.74, 6) is 1.52. The molecule has 3 heteroatoms. The molecule has 0 aliphatic heterocycles. The Morgan fingerprint density at radius 1 is 1.25 bits per heavy atom. The maximum absolute atomic E-state index is 5.84. The summed E-state index contributed by atoms with van der Waals surface area (Å²) in [5.41, 5.74) is 2.38. The van der Waals surface area contributed by atoms with Gasteiger partial charge >= 0.3 is 0 Å². The van der Waals surface area contributed by atoms with Crippen LogP contribution in [0.1, 0.15) is 50.8 Å². The first-order valence-corrected chi connectivity index (χ1v) is 7.54. The molecule has 1 rings (SSSR count). The number of hydrogen-bond donors (Lipinski definition) is 1. The monoisotopic (exact) mass is 279 g/mol. The fourth-order valence-corrected chi connectivity index (χ4v) is 2.29. The molecule has 1 aromatic rings. The minimum atomic E-state index is 0.332. The molecule has 0 aliphatic carbocycles. The number of ether oxygens (including phenoxy) is 2. The third-order valence-electron chi connectivity index (χ3n) is 3.68. The van der Waals surface area contributed by atoms with Crippen LogP contribution in [0.4, 0.5) is 0 Å². The minimum Gasteiger partial charge on any atom is -0.496 e. The lowest BCUT2D eigenvalue weighted by molar-refractivity contribution is 0.0878. The van der Waals surface area contributed by atoms with Crippen molar-refractivity contribution >= 4 is 0 Å². The molecule has 0 aliphatic rings. The molecule has 0 saturated heterocycles. The standard InChI is InChI=1S/C17H29NO2/c1-6-7-13(2)11-20-12-16-10-15(14(3)18-4)8-9-17(16)19-5/h8-10,13-14,18H,6-7,11-12H2,1-5H3. The van der Waals surface area contributed by atoms with E-state index in [1.54, 1.807) is 7.11 Å². The van der Waals surface area contributed by atoms with Crippen LogP contribution >= 0.6 is 0 Å². The average Bonchev–Trinajstić information content (AvgIpc) is 2.46. The first-order chi connectivity index (χ1) is 9.62. The molecule has 2 unspecified atom stereocenters. The first-order valence-electron chi connectivity index (χ1n) is 7.54. The van der Waals surface area contributed by atoms with E-state index >= 15 is 0 Å². The topological polar surface area (TPSA) is 30.5 Å². The molecule has 0 aromatic heterocycles. The quantitative estimate of drug-likeness (QED) is 0.743. The van der Waals surface area contributed by atoms with E-state index < -0.39 is 0 Å². The maximum Gasteiger partial charge on any atom is 0.124 e. The summed E-state index contributed by atoms with van der Waals surface area (Å²) >= 11 is 0. The van der Waals surface area contributed by atoms with Crippen LogP contribution in [0.15, 0.2) is 18.2 Å². The van der Waals surface area contributed by atoms with E-state index in [2.05, 4.69) is 38.2 Å². The lowest BCUT2D eigenvalue weighted by Crippen LogP contribution is -2.13. The van der Waals surface area contributed by atoms with Crippen LogP contribution in [0.2, 0.25) is 0 Å². The molecule has 0 fully saturated rings. The van der Waals surface area contributed by atoms with Gasteiger partial charge in [-0.1, -0.05) is 26.3 Å². The van der Waals surface area contributed by atoms with E-state index in [-0.39, 0.29) is 0 Å². The van der Waals surface area contributed by atoms with E-state index in [1.165, 1.54) is 18.4 Å². The Kier molecular flexibility index (Phi) is 7.63. The van der Waals surface area contributed by atoms with Gasteiger partial charge < -0.3 is 14.8 Å². The molecule has 0 radical (unpaired) electrons. The predicted octanol–water partition coefficient (Wildman–Crippen LogP) is 3.93. The minimum absolute atomic E-state index is 0.332. The highest BCUT2D eigenvalue weighted by atomic mass is 16.5. The highest BCUT2D eigenvalue weighted by Crippen LogP contribution is 2.24. The number of hydrogen-bond acceptors (Lipinski definition) is 3. The fraction of sp³-hybridized carbons (Fsp3) is 0.647. The Morgan fingerprint density at radius 2 is 2.00 bits per heavy atom. The molecule has 20 heavy (non-hydrogen) atoms. The van der Waals surface area contributed by atoms with Crippen molar-refractivity contribution in [1.29, 1.82) is 0 Å². The van der Waals surface area contributed by atoms with Gasteiger partial charge in [0.15, 0.2) is 0 Å². The summed E-state index contributed by atoms with van der Waals surface area (Å²) in [6.07, 6.45) is 2.43. The van der Waals surface area contributed by atoms with E-state index in [0.717, 1.165) is 17.9 Å². The zero-order valence-electron chi connectivity index (χ0n) is 13.5. The van der Waals surface area contributed by atoms with Crippen molar-refractivity contribution < 1.29 is 9.47 Å². The average molecular weight is 279 g/mol. The number of benzene rings is 1. The number of nitrogens with one attached hydrogen (secondary N) is 1. The molecule has 0 bridgehead atoms. The van der Waals surface area contributed by atoms with Gasteiger partial charge in [-0.25, -0.2) is 0 Å². The van der Waals surface area contributed by atoms with Gasteiger partial charge in [0.25, 0.3) is 0 Å². The lowest BCUT2D eigenvalue weighted by Gasteiger charge is -2.16. The summed E-state index contributed by atoms with van der Waals surface area (Å²) in [7, 11) is 3.68. The van der Waals surface area contributed by atoms with Gasteiger partial charge in [0.05, 0.1) is 13.7 Å². The molecule has 2 atom stereocenters. The second-order valence-electron chi connectivity index (χ2n) is 5.49. The Bertz CT molecular complexity index is 393. The van der Waals surface area contributed by atoms with E-state index in [1.807, 2.05) is 13.1 Å². The Labute approximate surface area is 123 Å². The van der Waals surface area contributed by atoms with Crippen LogP contribution in [0, 0.1) is 5.92 Å². The molecular formula is C17H29NO2. The normalized spacial score (nSPS) is 14.1. The number of methoxy groups -OCH3 is 1. The van der Waals surface area contributed by atoms with E-state index in [0.29, 0.717) is 18.6 Å². The molecule has 0 heterocycles. The van der Waals surface area contributed by atoms with E-state index in [9.17, 15) is 0 Å². The maximum atomic E-state index is 5.84. The summed E-state index contributed by atoms with van der Waals surface area (Å²) in [5, 5.41) is 3.26. The molecule has 1 aromatic carbocycles. The highest BCUT2D eigenvalue weighted by molar-refractivity contribution is 5.38. The van der Waals surface area contributed by atoms with Gasteiger partial charge in [-0.15, -0.1) is 0 Å². The van der Waals surface area contributed by atoms with Gasteiger partial charge in [-0.2, -0.15) is 0 Å². The molecule has 3 nitrogen and oxygen atoms in total. The van der Waals surface area contributed by atoms with Crippen molar-refractivity contribution in [3.05, 3.63) is 29.3 Å². The van der Waals surface area contributed by atoms with Crippen LogP contribution in [-0.2, 0) is 11.3 Å². The molecule has 1 N–H and O–H groups in total. The first kappa shape index (κ1) is 17.0. The van der Waals surface area contributed by atoms with Crippen molar-refractivity contribution in [2.75, 3.05) is 20.8 Å². The summed E-state index contributed by atoms with van der Waals surface area (Å²) in [6, 6.07) is 6.63. The highest BCUT2D eigenvalue weighted by Gasteiger charge is 2.09. The van der Waals surface area contributed by atoms with Crippen molar-refractivity contribution in [2.24, 2.45) is 5.92 Å². The Balaban J connectivity index is 2.66. The third-order valence-corrected chi connectivity index (χ3v) is 3.68. The zero-order chi connectivity index (χ0) is 15.0. The largest absolute Gasteiger partial charge is 0.496 e. The molecule has 0 amide bonds. The van der Waals surface area contributed by atoms with Crippen molar-refractivity contribution in [1.82, 2.24) is 5.32 Å². The SMILES string of the molecule is CCCC(C)COCc1cc(C(C)NC)ccc1OC. The van der Waals surface area contributed by atoms with Crippen LogP contribution in [0.25, 0.3) is 0 Å². The Morgan fingerprint density at radius 3 is 2.60 bits per heavy atom. The molecular weight excluding hydrogens is 250 g/mol. The van der Waals surface area contributed by atoms with Crippen molar-refractivity contribution in [2.45, 2.75) is 46.3 Å². The third kappa shape index (κ3) is 5.14. The predicted molar refractivity (Wildman–Crippen MR) is 84.2 cm³/mol. The zero-order valence-corrected chi connectivity index (χ0v) is 13.5. The van der Waals surface area contributed by atoms with Crippen molar-refractivity contribution in [3.63, 3.8) is 0 Å². The lowest BCUT2D eigenvalue weighted by atomic mass is 10.0. The van der Waals surface area contributed by atoms with Crippen molar-refractivity contribution in [3.8, 4) is 5.75 Å². The van der Waals surface area contributed by atoms with Crippen LogP contribution in [-0.4, -0.2) is 20.8 Å². The molecule has 0 spiro atoms. The van der Waals surface area contributed by atoms with Gasteiger partial charge in [-0.3, -0.25) is 0 Å². The van der Waals surface area contributed by atoms with Gasteiger partial charge in [0.2, 0.25) is 0 Å². The molecule has 114 valence electrons. The van der Waals surface area contributed by atoms with Gasteiger partial charge in [0, 0.05) is 18.2 Å². The summed E-state index contributed by atoms with van der Waals surface area (Å²) in [4.78, 5) is 0. The van der Waals surface area contributed by atoms with Gasteiger partial charge in [-0.05, 0) is 44.0 Å².